The van der Waals surface area contributed by atoms with E-state index >= 15 is 0 Å². The Morgan fingerprint density at radius 3 is 1.34 bits per heavy atom. The Labute approximate surface area is 495 Å². The summed E-state index contributed by atoms with van der Waals surface area (Å²) in [5.41, 5.74) is 22.2. The van der Waals surface area contributed by atoms with Gasteiger partial charge in [-0.2, -0.15) is 0 Å². The molecule has 7 aromatic heterocycles. The summed E-state index contributed by atoms with van der Waals surface area (Å²) in [5, 5.41) is 18.6. The number of aromatic nitrogens is 5. The minimum atomic E-state index is -0.142. The van der Waals surface area contributed by atoms with Gasteiger partial charge in [0.25, 0.3) is 0 Å². The molecule has 0 amide bonds. The van der Waals surface area contributed by atoms with E-state index in [9.17, 15) is 0 Å². The van der Waals surface area contributed by atoms with Gasteiger partial charge in [0.15, 0.2) is 0 Å². The Hall–Kier alpha value is -10.5. The van der Waals surface area contributed by atoms with Gasteiger partial charge in [0.1, 0.15) is 5.65 Å². The third kappa shape index (κ3) is 6.31. The van der Waals surface area contributed by atoms with Gasteiger partial charge in [-0.15, -0.1) is 0 Å². The van der Waals surface area contributed by atoms with E-state index in [1.807, 2.05) is 0 Å². The van der Waals surface area contributed by atoms with E-state index in [1.54, 1.807) is 0 Å². The predicted molar refractivity (Wildman–Crippen MR) is 366 cm³/mol. The second-order valence-corrected chi connectivity index (χ2v) is 26.3. The van der Waals surface area contributed by atoms with Crippen molar-refractivity contribution in [3.63, 3.8) is 0 Å². The number of para-hydroxylation sites is 4. The minimum absolute atomic E-state index is 0.129. The van der Waals surface area contributed by atoms with Gasteiger partial charge in [0, 0.05) is 81.8 Å². The molecule has 0 aliphatic heterocycles. The fourth-order valence-electron chi connectivity index (χ4n) is 15.4. The average molecular weight is 1100 g/mol. The highest BCUT2D eigenvalue weighted by Crippen LogP contribution is 2.52. The summed E-state index contributed by atoms with van der Waals surface area (Å²) in [7, 11) is 0. The van der Waals surface area contributed by atoms with Crippen molar-refractivity contribution < 1.29 is 0 Å². The summed E-state index contributed by atoms with van der Waals surface area (Å²) in [5.74, 6) is 0. The lowest BCUT2D eigenvalue weighted by molar-refractivity contribution is 0.591. The van der Waals surface area contributed by atoms with Crippen LogP contribution in [0.15, 0.2) is 237 Å². The maximum absolute atomic E-state index is 6.17. The van der Waals surface area contributed by atoms with Crippen molar-refractivity contribution in [2.75, 3.05) is 0 Å². The molecule has 0 unspecified atom stereocenters. The molecule has 0 radical (unpaired) electrons. The third-order valence-corrected chi connectivity index (χ3v) is 19.4. The van der Waals surface area contributed by atoms with Crippen LogP contribution in [0.5, 0.6) is 0 Å². The molecule has 19 rings (SSSR count). The van der Waals surface area contributed by atoms with E-state index in [2.05, 4.69) is 296 Å². The molecule has 0 aliphatic rings. The number of benzene rings is 12. The Bertz CT molecular complexity index is 6130. The van der Waals surface area contributed by atoms with E-state index in [-0.39, 0.29) is 10.8 Å². The summed E-state index contributed by atoms with van der Waals surface area (Å²) in [6.07, 6.45) is 0. The van der Waals surface area contributed by atoms with Crippen LogP contribution in [0.1, 0.15) is 52.7 Å². The van der Waals surface area contributed by atoms with Crippen molar-refractivity contribution in [2.45, 2.75) is 52.4 Å². The van der Waals surface area contributed by atoms with Crippen LogP contribution in [0.2, 0.25) is 0 Å². The first-order valence-corrected chi connectivity index (χ1v) is 30.3. The second kappa shape index (κ2) is 16.6. The topological polar surface area (TPSA) is 31.6 Å². The van der Waals surface area contributed by atoms with Crippen LogP contribution < -0.4 is 0 Å². The number of pyridine rings is 1. The van der Waals surface area contributed by atoms with Crippen molar-refractivity contribution in [1.29, 1.82) is 0 Å². The molecule has 0 saturated heterocycles. The minimum Gasteiger partial charge on any atom is -0.309 e. The van der Waals surface area contributed by atoms with E-state index < -0.39 is 0 Å². The van der Waals surface area contributed by atoms with Gasteiger partial charge >= 0.3 is 0 Å². The highest BCUT2D eigenvalue weighted by Gasteiger charge is 2.31. The zero-order valence-electron chi connectivity index (χ0n) is 48.8. The largest absolute Gasteiger partial charge is 0.309 e. The molecule has 86 heavy (non-hydrogen) atoms. The van der Waals surface area contributed by atoms with Crippen molar-refractivity contribution in [3.05, 3.63) is 248 Å². The Morgan fingerprint density at radius 1 is 0.291 bits per heavy atom. The number of rotatable bonds is 4. The van der Waals surface area contributed by atoms with Crippen LogP contribution in [-0.4, -0.2) is 22.9 Å². The number of hydrogen-bond acceptors (Lipinski definition) is 1. The normalized spacial score (nSPS) is 13.0. The third-order valence-electron chi connectivity index (χ3n) is 19.4. The molecular formula is C81H57N5. The molecule has 7 heterocycles. The number of nitrogens with zero attached hydrogens (tertiary/aromatic N) is 5. The molecule has 0 spiro atoms. The zero-order chi connectivity index (χ0) is 57.2. The van der Waals surface area contributed by atoms with Gasteiger partial charge in [0.05, 0.1) is 55.2 Å². The van der Waals surface area contributed by atoms with Gasteiger partial charge in [-0.1, -0.05) is 175 Å². The predicted octanol–water partition coefficient (Wildman–Crippen LogP) is 21.8. The fraction of sp³-hybridized carbons (Fsp3) is 0.0988. The standard InChI is InChI=1S/C81H57N5/c1-80(2,3)50-41-59(49-34-36-70-61(39-49)57-30-18-20-32-68(57)84(70)53-25-11-8-12-26-53)75-64(42-50)73-55-28-16-14-22-47(55)40-62-63-45-71-74(82-79(63)86(75)78(62)73)66-44-51(81(4,5)6)43-65-72-54-27-15-13-21-46(54)37-58(77(72)85(71)76(65)66)48-33-35-69-60(38-48)56-29-17-19-31-67(56)83(69)52-23-9-7-10-24-52/h7-45H,1-6H3. The first-order valence-electron chi connectivity index (χ1n) is 30.3. The van der Waals surface area contributed by atoms with Gasteiger partial charge < -0.3 is 13.5 Å². The summed E-state index contributed by atoms with van der Waals surface area (Å²) in [6.45, 7) is 14.1. The zero-order valence-corrected chi connectivity index (χ0v) is 48.8. The summed E-state index contributed by atoms with van der Waals surface area (Å²) >= 11 is 0. The van der Waals surface area contributed by atoms with Gasteiger partial charge in [0.2, 0.25) is 0 Å². The first-order chi connectivity index (χ1) is 41.9. The van der Waals surface area contributed by atoms with E-state index in [4.69, 9.17) is 4.98 Å². The molecule has 0 aliphatic carbocycles. The first kappa shape index (κ1) is 47.9. The molecule has 0 bridgehead atoms. The van der Waals surface area contributed by atoms with Crippen molar-refractivity contribution in [1.82, 2.24) is 22.9 Å². The monoisotopic (exact) mass is 1100 g/mol. The van der Waals surface area contributed by atoms with Crippen LogP contribution in [0.3, 0.4) is 0 Å². The average Bonchev–Trinajstić information content (AvgIpc) is 1.52. The van der Waals surface area contributed by atoms with Crippen LogP contribution in [0.25, 0.3) is 175 Å². The molecule has 0 atom stereocenters. The molecule has 406 valence electrons. The molecule has 5 heteroatoms. The highest BCUT2D eigenvalue weighted by molar-refractivity contribution is 6.35. The van der Waals surface area contributed by atoms with E-state index in [0.29, 0.717) is 0 Å². The molecule has 19 aromatic rings. The van der Waals surface area contributed by atoms with Crippen LogP contribution in [0, 0.1) is 0 Å². The van der Waals surface area contributed by atoms with E-state index in [1.165, 1.54) is 153 Å². The SMILES string of the molecule is CC(C)(C)c1cc(-c2ccc3c(c2)c2ccccc2n3-c2ccccc2)c2c(c1)c1c3ccccc3cc3c4cc5c(nc4n2c31)c1cc(C(C)(C)C)cc2c3c4ccccc4cc(-c4ccc6c(c4)c4ccccc4n6-c4ccccc4)c3n5c12. The molecule has 0 saturated carbocycles. The lowest BCUT2D eigenvalue weighted by Crippen LogP contribution is -2.11. The number of hydrogen-bond donors (Lipinski definition) is 0. The Balaban J connectivity index is 0.963. The lowest BCUT2D eigenvalue weighted by atomic mass is 9.83. The fourth-order valence-corrected chi connectivity index (χ4v) is 15.4. The molecule has 12 aromatic carbocycles. The maximum Gasteiger partial charge on any atom is 0.146 e. The van der Waals surface area contributed by atoms with Gasteiger partial charge in [-0.25, -0.2) is 4.98 Å². The summed E-state index contributed by atoms with van der Waals surface area (Å²) in [4.78, 5) is 6.17. The Kier molecular flexibility index (Phi) is 9.28. The van der Waals surface area contributed by atoms with Crippen molar-refractivity contribution in [3.8, 4) is 33.6 Å². The van der Waals surface area contributed by atoms with Gasteiger partial charge in [-0.05, 0) is 158 Å². The summed E-state index contributed by atoms with van der Waals surface area (Å²) < 4.78 is 10.0. The maximum atomic E-state index is 6.17. The van der Waals surface area contributed by atoms with Gasteiger partial charge in [-0.3, -0.25) is 4.40 Å². The van der Waals surface area contributed by atoms with Crippen LogP contribution in [-0.2, 0) is 10.8 Å². The molecule has 0 fully saturated rings. The smallest absolute Gasteiger partial charge is 0.146 e. The molecule has 5 nitrogen and oxygen atoms in total. The highest BCUT2D eigenvalue weighted by atomic mass is 15.0. The van der Waals surface area contributed by atoms with Crippen molar-refractivity contribution >= 4 is 142 Å². The molecule has 0 N–H and O–H groups in total. The van der Waals surface area contributed by atoms with Crippen molar-refractivity contribution in [2.24, 2.45) is 0 Å². The Morgan fingerprint density at radius 2 is 0.756 bits per heavy atom. The lowest BCUT2D eigenvalue weighted by Gasteiger charge is -2.21. The summed E-state index contributed by atoms with van der Waals surface area (Å²) in [6, 6.07) is 89.1. The van der Waals surface area contributed by atoms with E-state index in [0.717, 1.165) is 33.4 Å². The second-order valence-electron chi connectivity index (χ2n) is 26.3. The molecular weight excluding hydrogens is 1040 g/mol. The van der Waals surface area contributed by atoms with Crippen LogP contribution in [0.4, 0.5) is 0 Å². The number of fused-ring (bicyclic) bond motifs is 22. The quantitative estimate of drug-likeness (QED) is 0.173. The van der Waals surface area contributed by atoms with Crippen LogP contribution >= 0.6 is 0 Å².